The van der Waals surface area contributed by atoms with E-state index < -0.39 is 21.7 Å². The van der Waals surface area contributed by atoms with Gasteiger partial charge in [-0.05, 0) is 41.2 Å². The molecule has 0 spiro atoms. The summed E-state index contributed by atoms with van der Waals surface area (Å²) in [7, 11) is -3.74. The molecule has 0 bridgehead atoms. The van der Waals surface area contributed by atoms with E-state index in [4.69, 9.17) is 5.14 Å². The molecule has 1 fully saturated rings. The molecule has 0 unspecified atom stereocenters. The lowest BCUT2D eigenvalue weighted by Crippen LogP contribution is -2.11. The molecule has 2 atom stereocenters. The molecule has 4 rings (SSSR count). The van der Waals surface area contributed by atoms with Crippen molar-refractivity contribution >= 4 is 21.4 Å². The first-order valence-corrected chi connectivity index (χ1v) is 10.9. The molecule has 5 nitrogen and oxygen atoms in total. The van der Waals surface area contributed by atoms with Crippen LogP contribution in [0.4, 0.5) is 8.78 Å². The van der Waals surface area contributed by atoms with Gasteiger partial charge in [-0.15, -0.1) is 10.2 Å². The molecule has 28 heavy (non-hydrogen) atoms. The lowest BCUT2D eigenvalue weighted by atomic mass is 10.0. The zero-order valence-electron chi connectivity index (χ0n) is 15.1. The van der Waals surface area contributed by atoms with E-state index in [-0.39, 0.29) is 27.7 Å². The second-order valence-corrected chi connectivity index (χ2v) is 10.0. The topological polar surface area (TPSA) is 85.9 Å². The fraction of sp³-hybridized carbons (Fsp3) is 0.263. The van der Waals surface area contributed by atoms with Crippen LogP contribution in [0.2, 0.25) is 0 Å². The number of nitrogens with zero attached hydrogens (tertiary/aromatic N) is 2. The van der Waals surface area contributed by atoms with Crippen molar-refractivity contribution in [3.8, 4) is 10.6 Å². The SMILES string of the molecule is CC1(C)[C@@H](c2ccc(S(N)(=O)=O)cc2)[C@@H]1c1nnc(-c2ccc(F)cc2F)s1. The monoisotopic (exact) mass is 421 g/mol. The summed E-state index contributed by atoms with van der Waals surface area (Å²) in [6, 6.07) is 9.88. The number of hydrogen-bond donors (Lipinski definition) is 1. The summed E-state index contributed by atoms with van der Waals surface area (Å²) in [4.78, 5) is 0.0660. The third kappa shape index (κ3) is 3.23. The van der Waals surface area contributed by atoms with Crippen molar-refractivity contribution in [2.45, 2.75) is 30.6 Å². The van der Waals surface area contributed by atoms with Gasteiger partial charge in [-0.2, -0.15) is 0 Å². The minimum Gasteiger partial charge on any atom is -0.225 e. The molecule has 1 aliphatic rings. The maximum absolute atomic E-state index is 14.0. The zero-order valence-corrected chi connectivity index (χ0v) is 16.7. The lowest BCUT2D eigenvalue weighted by molar-refractivity contribution is 0.585. The van der Waals surface area contributed by atoms with Gasteiger partial charge in [0.15, 0.2) is 5.01 Å². The maximum Gasteiger partial charge on any atom is 0.238 e. The summed E-state index contributed by atoms with van der Waals surface area (Å²) in [5.74, 6) is -1.12. The molecule has 146 valence electrons. The van der Waals surface area contributed by atoms with Crippen LogP contribution in [-0.4, -0.2) is 18.6 Å². The third-order valence-electron chi connectivity index (χ3n) is 5.26. The van der Waals surface area contributed by atoms with Crippen LogP contribution in [0.5, 0.6) is 0 Å². The van der Waals surface area contributed by atoms with E-state index >= 15 is 0 Å². The number of rotatable bonds is 4. The van der Waals surface area contributed by atoms with E-state index in [2.05, 4.69) is 24.0 Å². The van der Waals surface area contributed by atoms with Crippen molar-refractivity contribution in [1.82, 2.24) is 10.2 Å². The lowest BCUT2D eigenvalue weighted by Gasteiger charge is -2.04. The molecule has 3 aromatic rings. The number of halogens is 2. The van der Waals surface area contributed by atoms with Crippen molar-refractivity contribution in [1.29, 1.82) is 0 Å². The van der Waals surface area contributed by atoms with Crippen LogP contribution in [0, 0.1) is 17.0 Å². The molecule has 0 amide bonds. The zero-order chi connectivity index (χ0) is 20.3. The highest BCUT2D eigenvalue weighted by Gasteiger charge is 2.60. The summed E-state index contributed by atoms with van der Waals surface area (Å²) in [5, 5.41) is 14.6. The molecule has 2 N–H and O–H groups in total. The molecule has 1 heterocycles. The van der Waals surface area contributed by atoms with E-state index in [1.54, 1.807) is 12.1 Å². The summed E-state index contributed by atoms with van der Waals surface area (Å²) in [6.45, 7) is 4.19. The number of nitrogens with two attached hydrogens (primary N) is 1. The highest BCUT2D eigenvalue weighted by molar-refractivity contribution is 7.89. The van der Waals surface area contributed by atoms with E-state index in [1.807, 2.05) is 0 Å². The minimum atomic E-state index is -3.74. The van der Waals surface area contributed by atoms with Crippen LogP contribution in [-0.2, 0) is 10.0 Å². The Hall–Kier alpha value is -2.23. The second kappa shape index (κ2) is 6.40. The quantitative estimate of drug-likeness (QED) is 0.689. The number of benzene rings is 2. The maximum atomic E-state index is 14.0. The van der Waals surface area contributed by atoms with Crippen molar-refractivity contribution in [3.05, 3.63) is 64.7 Å². The van der Waals surface area contributed by atoms with Gasteiger partial charge in [0.2, 0.25) is 10.0 Å². The van der Waals surface area contributed by atoms with Gasteiger partial charge < -0.3 is 0 Å². The molecular formula is C19H17F2N3O2S2. The van der Waals surface area contributed by atoms with Gasteiger partial charge >= 0.3 is 0 Å². The first-order valence-electron chi connectivity index (χ1n) is 8.50. The second-order valence-electron chi connectivity index (χ2n) is 7.46. The predicted octanol–water partition coefficient (Wildman–Crippen LogP) is 4.04. The molecule has 1 saturated carbocycles. The van der Waals surface area contributed by atoms with Gasteiger partial charge in [-0.1, -0.05) is 37.3 Å². The first kappa shape index (κ1) is 19.1. The first-order chi connectivity index (χ1) is 13.1. The van der Waals surface area contributed by atoms with Gasteiger partial charge in [-0.25, -0.2) is 22.3 Å². The molecule has 0 aliphatic heterocycles. The van der Waals surface area contributed by atoms with Crippen LogP contribution >= 0.6 is 11.3 Å². The molecule has 0 radical (unpaired) electrons. The van der Waals surface area contributed by atoms with Crippen molar-refractivity contribution in [2.75, 3.05) is 0 Å². The Morgan fingerprint density at radius 3 is 2.32 bits per heavy atom. The van der Waals surface area contributed by atoms with Crippen LogP contribution in [0.3, 0.4) is 0 Å². The molecule has 1 aromatic heterocycles. The molecule has 9 heteroatoms. The fourth-order valence-corrected chi connectivity index (χ4v) is 5.44. The smallest absolute Gasteiger partial charge is 0.225 e. The molecule has 2 aromatic carbocycles. The van der Waals surface area contributed by atoms with Gasteiger partial charge in [0.1, 0.15) is 16.6 Å². The molecular weight excluding hydrogens is 404 g/mol. The standard InChI is InChI=1S/C19H17F2N3O2S2/c1-19(2)15(10-3-6-12(7-4-10)28(22,25)26)16(19)18-24-23-17(27-18)13-8-5-11(20)9-14(13)21/h3-9,15-16H,1-2H3,(H2,22,25,26)/t15-,16+/m0/s1. The largest absolute Gasteiger partial charge is 0.238 e. The average molecular weight is 421 g/mol. The predicted molar refractivity (Wildman–Crippen MR) is 102 cm³/mol. The Labute approximate surface area is 165 Å². The summed E-state index contributed by atoms with van der Waals surface area (Å²) in [6.07, 6.45) is 0. The highest BCUT2D eigenvalue weighted by Crippen LogP contribution is 2.70. The number of aromatic nitrogens is 2. The molecule has 1 aliphatic carbocycles. The van der Waals surface area contributed by atoms with Gasteiger partial charge in [0.05, 0.1) is 4.90 Å². The van der Waals surface area contributed by atoms with Crippen LogP contribution in [0.25, 0.3) is 10.6 Å². The van der Waals surface area contributed by atoms with Crippen molar-refractivity contribution < 1.29 is 17.2 Å². The Balaban J connectivity index is 1.63. The Kier molecular flexibility index (Phi) is 4.36. The van der Waals surface area contributed by atoms with E-state index in [0.29, 0.717) is 5.01 Å². The summed E-state index contributed by atoms with van der Waals surface area (Å²) < 4.78 is 50.0. The van der Waals surface area contributed by atoms with Crippen molar-refractivity contribution in [2.24, 2.45) is 10.6 Å². The van der Waals surface area contributed by atoms with Crippen LogP contribution in [0.15, 0.2) is 47.4 Å². The number of sulfonamides is 1. The number of primary sulfonamides is 1. The highest BCUT2D eigenvalue weighted by atomic mass is 32.2. The summed E-state index contributed by atoms with van der Waals surface area (Å²) in [5.41, 5.74) is 1.09. The van der Waals surface area contributed by atoms with Gasteiger partial charge in [-0.3, -0.25) is 0 Å². The van der Waals surface area contributed by atoms with Crippen LogP contribution < -0.4 is 5.14 Å². The fourth-order valence-electron chi connectivity index (χ4n) is 3.72. The van der Waals surface area contributed by atoms with Gasteiger partial charge in [0.25, 0.3) is 0 Å². The van der Waals surface area contributed by atoms with E-state index in [1.165, 1.54) is 35.6 Å². The van der Waals surface area contributed by atoms with Gasteiger partial charge in [0, 0.05) is 17.5 Å². The Morgan fingerprint density at radius 2 is 1.71 bits per heavy atom. The Morgan fingerprint density at radius 1 is 1.04 bits per heavy atom. The molecule has 0 saturated heterocycles. The minimum absolute atomic E-state index is 0.0660. The van der Waals surface area contributed by atoms with Crippen molar-refractivity contribution in [3.63, 3.8) is 0 Å². The van der Waals surface area contributed by atoms with Crippen LogP contribution in [0.1, 0.15) is 36.3 Å². The third-order valence-corrected chi connectivity index (χ3v) is 7.23. The number of hydrogen-bond acceptors (Lipinski definition) is 5. The normalized spacial score (nSPS) is 20.9. The van der Waals surface area contributed by atoms with E-state index in [9.17, 15) is 17.2 Å². The average Bonchev–Trinajstić information content (AvgIpc) is 2.95. The summed E-state index contributed by atoms with van der Waals surface area (Å²) >= 11 is 1.28. The Bertz CT molecular complexity index is 1160. The van der Waals surface area contributed by atoms with E-state index in [0.717, 1.165) is 16.6 Å².